The Labute approximate surface area is 113 Å². The quantitative estimate of drug-likeness (QED) is 0.881. The van der Waals surface area contributed by atoms with Crippen molar-refractivity contribution in [1.82, 2.24) is 5.32 Å². The Kier molecular flexibility index (Phi) is 4.60. The number of nitrogens with one attached hydrogen (secondary N) is 1. The number of hydrogen-bond acceptors (Lipinski definition) is 2. The molecule has 3 unspecified atom stereocenters. The van der Waals surface area contributed by atoms with Crippen molar-refractivity contribution in [3.05, 3.63) is 34.6 Å². The normalized spacial score (nSPS) is 25.3. The summed E-state index contributed by atoms with van der Waals surface area (Å²) in [6, 6.07) is 5.41. The molecule has 1 saturated carbocycles. The molecule has 3 N–H and O–H groups in total. The maximum Gasteiger partial charge on any atom is 0.142 e. The van der Waals surface area contributed by atoms with E-state index in [9.17, 15) is 4.39 Å². The van der Waals surface area contributed by atoms with Gasteiger partial charge in [-0.1, -0.05) is 24.6 Å². The summed E-state index contributed by atoms with van der Waals surface area (Å²) < 4.78 is 13.5. The molecule has 1 aliphatic rings. The zero-order chi connectivity index (χ0) is 13.1. The van der Waals surface area contributed by atoms with Crippen LogP contribution in [0.5, 0.6) is 0 Å². The van der Waals surface area contributed by atoms with E-state index in [-0.39, 0.29) is 16.9 Å². The van der Waals surface area contributed by atoms with Gasteiger partial charge in [0.05, 0.1) is 5.02 Å². The molecular formula is C14H20ClFN2. The van der Waals surface area contributed by atoms with Crippen LogP contribution in [-0.4, -0.2) is 12.6 Å². The van der Waals surface area contributed by atoms with Crippen LogP contribution in [0.25, 0.3) is 0 Å². The van der Waals surface area contributed by atoms with Crippen molar-refractivity contribution in [2.75, 3.05) is 6.54 Å². The smallest absolute Gasteiger partial charge is 0.142 e. The van der Waals surface area contributed by atoms with Crippen LogP contribution < -0.4 is 11.1 Å². The molecule has 1 fully saturated rings. The number of hydrogen-bond donors (Lipinski definition) is 2. The molecule has 1 aromatic carbocycles. The molecule has 2 rings (SSSR count). The third-order valence-electron chi connectivity index (χ3n) is 3.71. The van der Waals surface area contributed by atoms with Crippen molar-refractivity contribution in [3.8, 4) is 0 Å². The van der Waals surface area contributed by atoms with E-state index in [4.69, 9.17) is 17.3 Å². The number of nitrogens with two attached hydrogens (primary N) is 1. The molecule has 1 aromatic rings. The van der Waals surface area contributed by atoms with Gasteiger partial charge >= 0.3 is 0 Å². The second-order valence-corrected chi connectivity index (χ2v) is 5.65. The second kappa shape index (κ2) is 6.00. The van der Waals surface area contributed by atoms with Gasteiger partial charge in [-0.3, -0.25) is 0 Å². The standard InChI is InChI=1S/C14H20ClFN2/c1-9-2-4-11(6-9)18-14(8-17)10-3-5-12(15)13(16)7-10/h3,5,7,9,11,14,18H,2,4,6,8,17H2,1H3. The highest BCUT2D eigenvalue weighted by atomic mass is 35.5. The summed E-state index contributed by atoms with van der Waals surface area (Å²) in [7, 11) is 0. The van der Waals surface area contributed by atoms with E-state index in [2.05, 4.69) is 12.2 Å². The highest BCUT2D eigenvalue weighted by molar-refractivity contribution is 6.30. The average molecular weight is 271 g/mol. The topological polar surface area (TPSA) is 38.0 Å². The highest BCUT2D eigenvalue weighted by Crippen LogP contribution is 2.27. The minimum Gasteiger partial charge on any atom is -0.329 e. The summed E-state index contributed by atoms with van der Waals surface area (Å²) in [6.07, 6.45) is 3.60. The number of rotatable bonds is 4. The van der Waals surface area contributed by atoms with Gasteiger partial charge in [0.25, 0.3) is 0 Å². The van der Waals surface area contributed by atoms with Crippen LogP contribution in [0.15, 0.2) is 18.2 Å². The third kappa shape index (κ3) is 3.22. The van der Waals surface area contributed by atoms with Crippen molar-refractivity contribution < 1.29 is 4.39 Å². The lowest BCUT2D eigenvalue weighted by molar-refractivity contribution is 0.433. The van der Waals surface area contributed by atoms with E-state index < -0.39 is 0 Å². The molecule has 0 aromatic heterocycles. The Morgan fingerprint density at radius 2 is 2.28 bits per heavy atom. The second-order valence-electron chi connectivity index (χ2n) is 5.24. The lowest BCUT2D eigenvalue weighted by Gasteiger charge is -2.22. The average Bonchev–Trinajstić information content (AvgIpc) is 2.75. The van der Waals surface area contributed by atoms with Gasteiger partial charge in [0.1, 0.15) is 5.82 Å². The van der Waals surface area contributed by atoms with Crippen LogP contribution in [-0.2, 0) is 0 Å². The zero-order valence-electron chi connectivity index (χ0n) is 10.6. The van der Waals surface area contributed by atoms with Crippen LogP contribution in [0.2, 0.25) is 5.02 Å². The summed E-state index contributed by atoms with van der Waals surface area (Å²) >= 11 is 5.69. The molecule has 0 radical (unpaired) electrons. The summed E-state index contributed by atoms with van der Waals surface area (Å²) in [6.45, 7) is 2.73. The summed E-state index contributed by atoms with van der Waals surface area (Å²) in [5.74, 6) is 0.386. The Morgan fingerprint density at radius 3 is 2.83 bits per heavy atom. The van der Waals surface area contributed by atoms with Gasteiger partial charge in [0.2, 0.25) is 0 Å². The minimum atomic E-state index is -0.380. The third-order valence-corrected chi connectivity index (χ3v) is 4.02. The Hall–Kier alpha value is -0.640. The van der Waals surface area contributed by atoms with Crippen LogP contribution in [0.1, 0.15) is 37.8 Å². The molecule has 0 heterocycles. The van der Waals surface area contributed by atoms with E-state index in [1.807, 2.05) is 6.07 Å². The molecule has 1 aliphatic carbocycles. The molecule has 0 spiro atoms. The van der Waals surface area contributed by atoms with Crippen molar-refractivity contribution >= 4 is 11.6 Å². The molecule has 0 aliphatic heterocycles. The SMILES string of the molecule is CC1CCC(NC(CN)c2ccc(Cl)c(F)c2)C1. The van der Waals surface area contributed by atoms with Crippen LogP contribution in [0.3, 0.4) is 0 Å². The van der Waals surface area contributed by atoms with Gasteiger partial charge in [-0.15, -0.1) is 0 Å². The van der Waals surface area contributed by atoms with E-state index in [1.54, 1.807) is 6.07 Å². The fraction of sp³-hybridized carbons (Fsp3) is 0.571. The monoisotopic (exact) mass is 270 g/mol. The summed E-state index contributed by atoms with van der Waals surface area (Å²) in [5.41, 5.74) is 6.66. The number of halogens is 2. The van der Waals surface area contributed by atoms with Crippen LogP contribution in [0.4, 0.5) is 4.39 Å². The van der Waals surface area contributed by atoms with Crippen molar-refractivity contribution in [1.29, 1.82) is 0 Å². The Bertz CT molecular complexity index is 411. The summed E-state index contributed by atoms with van der Waals surface area (Å²) in [5, 5.41) is 3.68. The van der Waals surface area contributed by atoms with E-state index in [1.165, 1.54) is 25.3 Å². The van der Waals surface area contributed by atoms with Gasteiger partial charge in [-0.05, 0) is 42.9 Å². The van der Waals surface area contributed by atoms with Gasteiger partial charge < -0.3 is 11.1 Å². The zero-order valence-corrected chi connectivity index (χ0v) is 11.4. The molecule has 0 saturated heterocycles. The lowest BCUT2D eigenvalue weighted by Crippen LogP contribution is -2.35. The molecule has 4 heteroatoms. The molecular weight excluding hydrogens is 251 g/mol. The molecule has 0 bridgehead atoms. The molecule has 100 valence electrons. The first-order valence-electron chi connectivity index (χ1n) is 6.51. The highest BCUT2D eigenvalue weighted by Gasteiger charge is 2.24. The van der Waals surface area contributed by atoms with Crippen molar-refractivity contribution in [2.24, 2.45) is 11.7 Å². The fourth-order valence-corrected chi connectivity index (χ4v) is 2.79. The predicted octanol–water partition coefficient (Wildman–Crippen LogP) is 3.26. The number of benzene rings is 1. The lowest BCUT2D eigenvalue weighted by atomic mass is 10.0. The first-order chi connectivity index (χ1) is 8.60. The van der Waals surface area contributed by atoms with Gasteiger partial charge in [-0.25, -0.2) is 4.39 Å². The minimum absolute atomic E-state index is 0.00654. The van der Waals surface area contributed by atoms with Crippen molar-refractivity contribution in [3.63, 3.8) is 0 Å². The van der Waals surface area contributed by atoms with Crippen LogP contribution in [0, 0.1) is 11.7 Å². The van der Waals surface area contributed by atoms with Gasteiger partial charge in [0, 0.05) is 18.6 Å². The summed E-state index contributed by atoms with van der Waals surface area (Å²) in [4.78, 5) is 0. The Morgan fingerprint density at radius 1 is 1.50 bits per heavy atom. The van der Waals surface area contributed by atoms with Crippen LogP contribution >= 0.6 is 11.6 Å². The Balaban J connectivity index is 2.05. The molecule has 18 heavy (non-hydrogen) atoms. The van der Waals surface area contributed by atoms with E-state index in [0.717, 1.165) is 11.5 Å². The molecule has 0 amide bonds. The fourth-order valence-electron chi connectivity index (χ4n) is 2.67. The van der Waals surface area contributed by atoms with E-state index in [0.29, 0.717) is 12.6 Å². The maximum absolute atomic E-state index is 13.5. The molecule has 3 atom stereocenters. The maximum atomic E-state index is 13.5. The largest absolute Gasteiger partial charge is 0.329 e. The first kappa shape index (κ1) is 13.8. The van der Waals surface area contributed by atoms with Gasteiger partial charge in [-0.2, -0.15) is 0 Å². The first-order valence-corrected chi connectivity index (χ1v) is 6.89. The van der Waals surface area contributed by atoms with Crippen molar-refractivity contribution in [2.45, 2.75) is 38.3 Å². The van der Waals surface area contributed by atoms with Gasteiger partial charge in [0.15, 0.2) is 0 Å². The molecule has 2 nitrogen and oxygen atoms in total. The predicted molar refractivity (Wildman–Crippen MR) is 73.1 cm³/mol. The van der Waals surface area contributed by atoms with E-state index >= 15 is 0 Å².